The number of aromatic nitrogens is 12. The van der Waals surface area contributed by atoms with E-state index >= 15 is 0 Å². The van der Waals surface area contributed by atoms with Gasteiger partial charge >= 0.3 is 18.0 Å². The zero-order valence-corrected chi connectivity index (χ0v) is 78.9. The SMILES string of the molecule is C.C=CC(=O)N1CCCC[C@@H](n2c(NC(=O)c3ccnc(C)c3)nc3ccc4c(c32)OCCO4)C1.C=CC(=O)O.CC(C)(C)OC(=O)N1CCCC[C@@H](n2c(N)nc3ccc4c(c32)OCCO4)C1.Cc1cc(C(=O)Nc2nc3ccc4c(c3n2[C@@H]2CCCCN(C)C2)OCCO4)ccn1.Cc1cc(C(=O)Nc2nc3ccc4c(c3n2[C@@H]2CCCCNC2)OCCO4)ccn1.Cc1cc(C(=O)O)ccn1. The highest BCUT2D eigenvalue weighted by atomic mass is 16.6. The molecule has 4 atom stereocenters. The first-order chi connectivity index (χ1) is 66.6. The van der Waals surface area contributed by atoms with E-state index in [1.807, 2.05) is 99.2 Å². The van der Waals surface area contributed by atoms with E-state index in [4.69, 9.17) is 73.5 Å². The van der Waals surface area contributed by atoms with Crippen molar-refractivity contribution in [1.29, 1.82) is 0 Å². The number of ether oxygens (including phenoxy) is 9. The number of likely N-dealkylation sites (tertiary alicyclic amines) is 3. The highest BCUT2D eigenvalue weighted by Gasteiger charge is 2.36. The van der Waals surface area contributed by atoms with Gasteiger partial charge < -0.3 is 96.9 Å². The van der Waals surface area contributed by atoms with Gasteiger partial charge in [0.05, 0.1) is 39.7 Å². The molecule has 0 saturated carbocycles. The molecule has 0 aliphatic carbocycles. The quantitative estimate of drug-likeness (QED) is 0.0527. The summed E-state index contributed by atoms with van der Waals surface area (Å²) >= 11 is 0. The number of carbonyl (C=O) groups is 7. The smallest absolute Gasteiger partial charge is 0.410 e. The van der Waals surface area contributed by atoms with Crippen LogP contribution in [0.2, 0.25) is 0 Å². The summed E-state index contributed by atoms with van der Waals surface area (Å²) in [6.07, 6.45) is 20.3. The van der Waals surface area contributed by atoms with Crippen molar-refractivity contribution in [3.05, 3.63) is 192 Å². The molecule has 0 unspecified atom stereocenters. The minimum atomic E-state index is -0.981. The second kappa shape index (κ2) is 45.8. The van der Waals surface area contributed by atoms with Crippen molar-refractivity contribution < 1.29 is 86.4 Å². The van der Waals surface area contributed by atoms with Gasteiger partial charge in [0, 0.05) is 122 Å². The number of rotatable bonds is 13. The lowest BCUT2D eigenvalue weighted by Crippen LogP contribution is -2.39. The number of nitrogens with two attached hydrogens (primary N) is 1. The average Bonchev–Trinajstić information content (AvgIpc) is 1.62. The van der Waals surface area contributed by atoms with Crippen molar-refractivity contribution in [2.45, 2.75) is 163 Å². The molecule has 0 radical (unpaired) electrons. The third-order valence-corrected chi connectivity index (χ3v) is 24.2. The largest absolute Gasteiger partial charge is 0.486 e. The molecule has 16 heterocycles. The number of pyridine rings is 4. The number of nitrogen functional groups attached to an aromatic ring is 1. The first kappa shape index (κ1) is 100. The minimum Gasteiger partial charge on any atom is -0.486 e. The summed E-state index contributed by atoms with van der Waals surface area (Å²) in [6.45, 7) is 29.7. The number of amides is 5. The van der Waals surface area contributed by atoms with Gasteiger partial charge in [-0.3, -0.25) is 55.1 Å². The molecule has 139 heavy (non-hydrogen) atoms. The summed E-state index contributed by atoms with van der Waals surface area (Å²) in [5.41, 5.74) is 17.2. The molecule has 734 valence electrons. The van der Waals surface area contributed by atoms with Gasteiger partial charge in [-0.25, -0.2) is 34.3 Å². The molecule has 20 rings (SSSR count). The van der Waals surface area contributed by atoms with Crippen molar-refractivity contribution >= 4 is 110 Å². The molecule has 8 aromatic heterocycles. The van der Waals surface area contributed by atoms with Crippen molar-refractivity contribution in [2.24, 2.45) is 0 Å². The highest BCUT2D eigenvalue weighted by Crippen LogP contribution is 2.47. The predicted octanol–water partition coefficient (Wildman–Crippen LogP) is 15.3. The number of fused-ring (bicyclic) bond motifs is 12. The number of hydrogen-bond acceptors (Lipinski definition) is 27. The maximum atomic E-state index is 13.1. The Kier molecular flexibility index (Phi) is 33.0. The van der Waals surface area contributed by atoms with E-state index in [-0.39, 0.29) is 66.9 Å². The second-order valence-electron chi connectivity index (χ2n) is 35.5. The van der Waals surface area contributed by atoms with Crippen LogP contribution in [0.4, 0.5) is 28.6 Å². The molecule has 38 nitrogen and oxygen atoms in total. The standard InChI is InChI=1S/C25H27N5O4.C23H27N5O3.C22H25N5O3.C20H28N4O4.C7H7NO2.C3H4O2.CH4/c1-3-21(31)29-11-5-4-6-18(15-29)30-22-19(7-8-20-23(22)34-13-12-33-20)27-25(30)28-24(32)17-9-10-26-16(2)14-17;1-15-13-16(8-9-24-15)22(29)26-23-25-18-6-7-19-21(31-12-11-30-19)20(18)28(23)17-5-3-4-10-27(2)14-17;1-14-12-15(7-9-24-14)21(28)26-22-25-17-5-6-18-20(30-11-10-29-18)19(17)27(22)16-4-2-3-8-23-13-16;1-20(2,3)28-19(25)23-9-5-4-6-13(12-23)24-16-14(22-18(24)21)7-8-15-17(16)27-11-10-26-15;1-5-4-6(7(9)10)2-3-8-5;1-2-3(4)5;/h3,7-10,14,18H,1,4-6,11-13,15H2,2H3,(H,27,28,32);6-9,13,17H,3-5,10-12,14H2,1-2H3,(H,25,26,29);5-7,9,12,16,23H,2-4,8,10-11,13H2,1H3,(H,25,26,28);7-8,13H,4-6,9-12H2,1-3H3,(H2,21,22);2-4H,1H3,(H,9,10);2H,1H2,(H,4,5);1H4/t18-;17-;16-;13-;;;/m1111.../s1. The molecule has 8 aliphatic rings. The summed E-state index contributed by atoms with van der Waals surface area (Å²) in [5, 5.41) is 28.7. The lowest BCUT2D eigenvalue weighted by molar-refractivity contribution is -0.131. The summed E-state index contributed by atoms with van der Waals surface area (Å²) in [5.74, 6) is 4.74. The van der Waals surface area contributed by atoms with E-state index < -0.39 is 17.5 Å². The summed E-state index contributed by atoms with van der Waals surface area (Å²) < 4.78 is 61.0. The Bertz CT molecular complexity index is 6470. The molecular formula is C101H122N20O18. The molecule has 5 amide bonds. The molecule has 4 aromatic carbocycles. The Hall–Kier alpha value is -15.0. The minimum absolute atomic E-state index is 0. The Morgan fingerprint density at radius 2 is 0.777 bits per heavy atom. The highest BCUT2D eigenvalue weighted by molar-refractivity contribution is 6.07. The van der Waals surface area contributed by atoms with E-state index in [9.17, 15) is 33.6 Å². The number of carboxylic acids is 2. The zero-order chi connectivity index (χ0) is 97.3. The number of aryl methyl sites for hydroxylation is 4. The first-order valence-electron chi connectivity index (χ1n) is 46.7. The number of nitrogens with zero attached hydrogens (tertiary/aromatic N) is 15. The monoisotopic (exact) mass is 1900 g/mol. The van der Waals surface area contributed by atoms with Gasteiger partial charge in [-0.2, -0.15) is 0 Å². The van der Waals surface area contributed by atoms with Crippen molar-refractivity contribution in [3.8, 4) is 46.0 Å². The molecular weight excluding hydrogens is 1780 g/mol. The summed E-state index contributed by atoms with van der Waals surface area (Å²) in [6, 6.07) is 28.7. The molecule has 4 saturated heterocycles. The number of benzene rings is 4. The number of hydrogen-bond donors (Lipinski definition) is 7. The molecule has 8 N–H and O–H groups in total. The van der Waals surface area contributed by atoms with E-state index in [1.165, 1.54) is 24.4 Å². The average molecular weight is 1900 g/mol. The van der Waals surface area contributed by atoms with Crippen molar-refractivity contribution in [1.82, 2.24) is 78.2 Å². The number of imidazole rings is 4. The fraction of sp³-hybridized carbons (Fsp3) is 0.416. The van der Waals surface area contributed by atoms with Gasteiger partial charge in [0.2, 0.25) is 29.7 Å². The Labute approximate surface area is 805 Å². The van der Waals surface area contributed by atoms with Crippen LogP contribution < -0.4 is 64.9 Å². The predicted molar refractivity (Wildman–Crippen MR) is 525 cm³/mol. The van der Waals surface area contributed by atoms with Gasteiger partial charge in [-0.15, -0.1) is 0 Å². The van der Waals surface area contributed by atoms with E-state index in [0.717, 1.165) is 182 Å². The summed E-state index contributed by atoms with van der Waals surface area (Å²) in [4.78, 5) is 125. The topological polar surface area (TPSA) is 450 Å². The van der Waals surface area contributed by atoms with Crippen LogP contribution in [0.15, 0.2) is 147 Å². The lowest BCUT2D eigenvalue weighted by Gasteiger charge is -2.29. The van der Waals surface area contributed by atoms with Gasteiger partial charge in [0.25, 0.3) is 17.7 Å². The van der Waals surface area contributed by atoms with Gasteiger partial charge in [-0.05, 0) is 236 Å². The molecule has 8 aliphatic heterocycles. The van der Waals surface area contributed by atoms with Crippen LogP contribution in [0.5, 0.6) is 46.0 Å². The van der Waals surface area contributed by atoms with Crippen LogP contribution in [0.3, 0.4) is 0 Å². The Morgan fingerprint density at radius 1 is 0.439 bits per heavy atom. The van der Waals surface area contributed by atoms with Gasteiger partial charge in [0.1, 0.15) is 80.5 Å². The second-order valence-corrected chi connectivity index (χ2v) is 35.5. The third kappa shape index (κ3) is 24.4. The van der Waals surface area contributed by atoms with Crippen LogP contribution in [-0.2, 0) is 14.3 Å². The third-order valence-electron chi connectivity index (χ3n) is 24.2. The molecule has 12 aromatic rings. The fourth-order valence-corrected chi connectivity index (χ4v) is 17.9. The van der Waals surface area contributed by atoms with Crippen LogP contribution in [0, 0.1) is 27.7 Å². The van der Waals surface area contributed by atoms with Crippen LogP contribution >= 0.6 is 0 Å². The number of aliphatic carboxylic acids is 1. The number of carboxylic acid groups (broad SMARTS) is 2. The number of aromatic carboxylic acids is 1. The molecule has 0 bridgehead atoms. The maximum Gasteiger partial charge on any atom is 0.410 e. The number of anilines is 4. The van der Waals surface area contributed by atoms with E-state index in [1.54, 1.807) is 71.7 Å². The van der Waals surface area contributed by atoms with E-state index in [0.29, 0.717) is 160 Å². The van der Waals surface area contributed by atoms with Crippen LogP contribution in [-0.4, -0.2) is 243 Å². The molecule has 38 heteroatoms. The summed E-state index contributed by atoms with van der Waals surface area (Å²) in [7, 11) is 2.14. The van der Waals surface area contributed by atoms with Crippen molar-refractivity contribution in [3.63, 3.8) is 0 Å². The van der Waals surface area contributed by atoms with Crippen molar-refractivity contribution in [2.75, 3.05) is 134 Å². The van der Waals surface area contributed by atoms with E-state index in [2.05, 4.69) is 80.4 Å². The molecule has 0 spiro atoms. The fourth-order valence-electron chi connectivity index (χ4n) is 17.9. The number of carbonyl (C=O) groups excluding carboxylic acids is 5. The van der Waals surface area contributed by atoms with Gasteiger partial charge in [0.15, 0.2) is 46.0 Å². The number of likely N-dealkylation sites (N-methyl/N-ethyl adjacent to an activating group) is 1. The normalized spacial score (nSPS) is 17.6. The maximum absolute atomic E-state index is 13.1. The Balaban J connectivity index is 0.000000140. The number of nitrogens with one attached hydrogen (secondary N) is 4. The van der Waals surface area contributed by atoms with Gasteiger partial charge in [-0.1, -0.05) is 33.4 Å². The Morgan fingerprint density at radius 3 is 1.17 bits per heavy atom. The van der Waals surface area contributed by atoms with Crippen LogP contribution in [0.1, 0.15) is 194 Å². The molecule has 4 fully saturated rings. The lowest BCUT2D eigenvalue weighted by atomic mass is 10.1. The zero-order valence-electron chi connectivity index (χ0n) is 78.9. The first-order valence-corrected chi connectivity index (χ1v) is 46.7. The van der Waals surface area contributed by atoms with Crippen LogP contribution in [0.25, 0.3) is 44.1 Å².